The molecule has 0 aliphatic rings. The van der Waals surface area contributed by atoms with E-state index in [1.807, 2.05) is 24.3 Å². The Hall–Kier alpha value is -1.85. The molecule has 0 saturated heterocycles. The number of carbonyl (C=O) groups excluding carboxylic acids is 2. The lowest BCUT2D eigenvalue weighted by Crippen LogP contribution is -2.43. The molecule has 0 saturated carbocycles. The number of halogens is 2. The highest BCUT2D eigenvalue weighted by molar-refractivity contribution is 9.10. The lowest BCUT2D eigenvalue weighted by Gasteiger charge is -2.17. The van der Waals surface area contributed by atoms with Crippen LogP contribution in [0, 0.1) is 0 Å². The van der Waals surface area contributed by atoms with Crippen LogP contribution in [0.15, 0.2) is 53.0 Å². The summed E-state index contributed by atoms with van der Waals surface area (Å²) in [5.74, 6) is -0.925. The maximum Gasteiger partial charge on any atom is 0.328 e. The van der Waals surface area contributed by atoms with Crippen molar-refractivity contribution in [3.63, 3.8) is 0 Å². The predicted molar refractivity (Wildman–Crippen MR) is 92.6 cm³/mol. The molecule has 6 heteroatoms. The highest BCUT2D eigenvalue weighted by atomic mass is 79.9. The van der Waals surface area contributed by atoms with Crippen molar-refractivity contribution in [2.24, 2.45) is 0 Å². The number of nitrogens with one attached hydrogen (secondary N) is 1. The first-order valence-electron chi connectivity index (χ1n) is 6.89. The van der Waals surface area contributed by atoms with E-state index in [0.29, 0.717) is 17.0 Å². The van der Waals surface area contributed by atoms with Gasteiger partial charge >= 0.3 is 5.97 Å². The number of hydrogen-bond donors (Lipinski definition) is 1. The predicted octanol–water partition coefficient (Wildman–Crippen LogP) is 3.62. The first kappa shape index (κ1) is 17.5. The number of carbonyl (C=O) groups is 2. The van der Waals surface area contributed by atoms with Gasteiger partial charge in [-0.15, -0.1) is 0 Å². The second-order valence-corrected chi connectivity index (χ2v) is 6.19. The third-order valence-electron chi connectivity index (χ3n) is 3.24. The van der Waals surface area contributed by atoms with E-state index in [1.165, 1.54) is 7.11 Å². The Bertz CT molecular complexity index is 720. The van der Waals surface area contributed by atoms with E-state index in [4.69, 9.17) is 16.3 Å². The van der Waals surface area contributed by atoms with E-state index in [2.05, 4.69) is 21.2 Å². The van der Waals surface area contributed by atoms with Gasteiger partial charge in [0.15, 0.2) is 0 Å². The van der Waals surface area contributed by atoms with E-state index < -0.39 is 17.9 Å². The Morgan fingerprint density at radius 1 is 1.22 bits per heavy atom. The second kappa shape index (κ2) is 8.13. The minimum Gasteiger partial charge on any atom is -0.467 e. The molecule has 0 radical (unpaired) electrons. The molecule has 0 unspecified atom stereocenters. The summed E-state index contributed by atoms with van der Waals surface area (Å²) in [6.45, 7) is 0. The monoisotopic (exact) mass is 395 g/mol. The molecule has 4 nitrogen and oxygen atoms in total. The van der Waals surface area contributed by atoms with Crippen molar-refractivity contribution in [1.82, 2.24) is 5.32 Å². The van der Waals surface area contributed by atoms with Crippen LogP contribution in [0.4, 0.5) is 0 Å². The fourth-order valence-corrected chi connectivity index (χ4v) is 2.78. The van der Waals surface area contributed by atoms with Gasteiger partial charge in [-0.1, -0.05) is 51.8 Å². The van der Waals surface area contributed by atoms with Gasteiger partial charge in [-0.2, -0.15) is 0 Å². The quantitative estimate of drug-likeness (QED) is 0.786. The number of benzene rings is 2. The molecule has 0 spiro atoms. The zero-order valence-corrected chi connectivity index (χ0v) is 14.7. The summed E-state index contributed by atoms with van der Waals surface area (Å²) in [6, 6.07) is 13.4. The van der Waals surface area contributed by atoms with Crippen LogP contribution in [-0.4, -0.2) is 25.0 Å². The summed E-state index contributed by atoms with van der Waals surface area (Å²) < 4.78 is 5.68. The van der Waals surface area contributed by atoms with Gasteiger partial charge in [-0.05, 0) is 29.8 Å². The molecule has 1 N–H and O–H groups in total. The molecule has 1 amide bonds. The van der Waals surface area contributed by atoms with Crippen molar-refractivity contribution >= 4 is 39.4 Å². The Morgan fingerprint density at radius 2 is 1.96 bits per heavy atom. The third-order valence-corrected chi connectivity index (χ3v) is 4.06. The molecule has 1 atom stereocenters. The SMILES string of the molecule is COC(=O)[C@H](Cc1cccc(Br)c1)NC(=O)c1ccccc1Cl. The van der Waals surface area contributed by atoms with Crippen molar-refractivity contribution in [3.8, 4) is 0 Å². The minimum absolute atomic E-state index is 0.317. The Labute approximate surface area is 147 Å². The average molecular weight is 397 g/mol. The fourth-order valence-electron chi connectivity index (χ4n) is 2.12. The maximum absolute atomic E-state index is 12.3. The van der Waals surface area contributed by atoms with Crippen LogP contribution >= 0.6 is 27.5 Å². The van der Waals surface area contributed by atoms with Gasteiger partial charge in [-0.25, -0.2) is 4.79 Å². The largest absolute Gasteiger partial charge is 0.467 e. The van der Waals surface area contributed by atoms with Crippen LogP contribution in [0.2, 0.25) is 5.02 Å². The van der Waals surface area contributed by atoms with Crippen LogP contribution in [0.25, 0.3) is 0 Å². The van der Waals surface area contributed by atoms with Gasteiger partial charge < -0.3 is 10.1 Å². The summed E-state index contributed by atoms with van der Waals surface area (Å²) in [5, 5.41) is 3.01. The average Bonchev–Trinajstić information content (AvgIpc) is 2.54. The van der Waals surface area contributed by atoms with Gasteiger partial charge in [0.05, 0.1) is 17.7 Å². The molecule has 0 heterocycles. The van der Waals surface area contributed by atoms with E-state index >= 15 is 0 Å². The van der Waals surface area contributed by atoms with Gasteiger partial charge in [0.25, 0.3) is 5.91 Å². The molecule has 0 aromatic heterocycles. The summed E-state index contributed by atoms with van der Waals surface area (Å²) in [5.41, 5.74) is 1.21. The number of amides is 1. The molecule has 120 valence electrons. The summed E-state index contributed by atoms with van der Waals surface area (Å²) in [7, 11) is 1.29. The summed E-state index contributed by atoms with van der Waals surface area (Å²) >= 11 is 9.40. The zero-order chi connectivity index (χ0) is 16.8. The first-order valence-corrected chi connectivity index (χ1v) is 8.06. The number of hydrogen-bond acceptors (Lipinski definition) is 3. The highest BCUT2D eigenvalue weighted by Gasteiger charge is 2.23. The van der Waals surface area contributed by atoms with Crippen LogP contribution < -0.4 is 5.32 Å². The molecule has 0 aliphatic heterocycles. The second-order valence-electron chi connectivity index (χ2n) is 4.86. The minimum atomic E-state index is -0.793. The standard InChI is InChI=1S/C17H15BrClNO3/c1-23-17(22)15(10-11-5-4-6-12(18)9-11)20-16(21)13-7-2-3-8-14(13)19/h2-9,15H,10H2,1H3,(H,20,21)/t15-/m0/s1. The molecule has 0 fully saturated rings. The Balaban J connectivity index is 2.17. The molecular weight excluding hydrogens is 382 g/mol. The van der Waals surface area contributed by atoms with Crippen molar-refractivity contribution in [1.29, 1.82) is 0 Å². The molecule has 2 rings (SSSR count). The molecule has 0 bridgehead atoms. The Morgan fingerprint density at radius 3 is 2.61 bits per heavy atom. The van der Waals surface area contributed by atoms with E-state index in [-0.39, 0.29) is 0 Å². The van der Waals surface area contributed by atoms with Gasteiger partial charge in [0.1, 0.15) is 6.04 Å². The van der Waals surface area contributed by atoms with Crippen LogP contribution in [0.5, 0.6) is 0 Å². The number of esters is 1. The van der Waals surface area contributed by atoms with Crippen molar-refractivity contribution < 1.29 is 14.3 Å². The third kappa shape index (κ3) is 4.81. The van der Waals surface area contributed by atoms with E-state index in [9.17, 15) is 9.59 Å². The number of rotatable bonds is 5. The van der Waals surface area contributed by atoms with Crippen LogP contribution in [-0.2, 0) is 16.0 Å². The topological polar surface area (TPSA) is 55.4 Å². The highest BCUT2D eigenvalue weighted by Crippen LogP contribution is 2.16. The van der Waals surface area contributed by atoms with Crippen LogP contribution in [0.1, 0.15) is 15.9 Å². The van der Waals surface area contributed by atoms with Crippen molar-refractivity contribution in [3.05, 3.63) is 69.2 Å². The van der Waals surface area contributed by atoms with Gasteiger partial charge in [0, 0.05) is 10.9 Å². The number of ether oxygens (including phenoxy) is 1. The maximum atomic E-state index is 12.3. The van der Waals surface area contributed by atoms with Crippen molar-refractivity contribution in [2.45, 2.75) is 12.5 Å². The van der Waals surface area contributed by atoms with E-state index in [0.717, 1.165) is 10.0 Å². The molecule has 2 aromatic carbocycles. The molecule has 2 aromatic rings. The molecular formula is C17H15BrClNO3. The van der Waals surface area contributed by atoms with Gasteiger partial charge in [-0.3, -0.25) is 4.79 Å². The normalized spacial score (nSPS) is 11.6. The lowest BCUT2D eigenvalue weighted by atomic mass is 10.1. The first-order chi connectivity index (χ1) is 11.0. The smallest absolute Gasteiger partial charge is 0.328 e. The summed E-state index contributed by atoms with van der Waals surface area (Å²) in [4.78, 5) is 24.3. The molecule has 23 heavy (non-hydrogen) atoms. The molecule has 0 aliphatic carbocycles. The van der Waals surface area contributed by atoms with E-state index in [1.54, 1.807) is 24.3 Å². The Kier molecular flexibility index (Phi) is 6.19. The van der Waals surface area contributed by atoms with Crippen molar-refractivity contribution in [2.75, 3.05) is 7.11 Å². The van der Waals surface area contributed by atoms with Gasteiger partial charge in [0.2, 0.25) is 0 Å². The van der Waals surface area contributed by atoms with Crippen LogP contribution in [0.3, 0.4) is 0 Å². The number of methoxy groups -OCH3 is 1. The lowest BCUT2D eigenvalue weighted by molar-refractivity contribution is -0.142. The zero-order valence-electron chi connectivity index (χ0n) is 12.4. The summed E-state index contributed by atoms with van der Waals surface area (Å²) in [6.07, 6.45) is 0.322. The fraction of sp³-hybridized carbons (Fsp3) is 0.176.